The summed E-state index contributed by atoms with van der Waals surface area (Å²) in [5.41, 5.74) is 0.511. The van der Waals surface area contributed by atoms with Crippen molar-refractivity contribution in [1.29, 1.82) is 0 Å². The molecule has 0 aliphatic heterocycles. The van der Waals surface area contributed by atoms with Crippen molar-refractivity contribution in [2.24, 2.45) is 46.3 Å². The second-order valence-corrected chi connectivity index (χ2v) is 17.8. The van der Waals surface area contributed by atoms with Crippen LogP contribution in [0.15, 0.2) is 24.3 Å². The van der Waals surface area contributed by atoms with Crippen LogP contribution in [0.2, 0.25) is 0 Å². The molecule has 0 N–H and O–H groups in total. The van der Waals surface area contributed by atoms with Crippen molar-refractivity contribution in [2.75, 3.05) is 20.0 Å². The van der Waals surface area contributed by atoms with Crippen LogP contribution in [0.5, 0.6) is 0 Å². The van der Waals surface area contributed by atoms with Crippen LogP contribution in [-0.4, -0.2) is 61.9 Å². The van der Waals surface area contributed by atoms with Crippen molar-refractivity contribution in [2.45, 2.75) is 169 Å². The molecule has 10 heteroatoms. The van der Waals surface area contributed by atoms with Crippen molar-refractivity contribution < 1.29 is 47.7 Å². The monoisotopic (exact) mass is 785 g/mol. The number of unbranched alkanes of at least 4 members (excludes halogenated alkanes) is 1. The molecule has 0 aromatic rings. The van der Waals surface area contributed by atoms with E-state index >= 15 is 0 Å². The minimum absolute atomic E-state index is 0.0128. The predicted molar refractivity (Wildman–Crippen MR) is 214 cm³/mol. The third-order valence-corrected chi connectivity index (χ3v) is 14.0. The second-order valence-electron chi connectivity index (χ2n) is 17.8. The van der Waals surface area contributed by atoms with Crippen LogP contribution in [0.4, 0.5) is 0 Å². The zero-order valence-electron chi connectivity index (χ0n) is 35.4. The molecular weight excluding hydrogens is 712 g/mol. The van der Waals surface area contributed by atoms with Crippen LogP contribution in [0.1, 0.15) is 157 Å². The second kappa shape index (κ2) is 22.2. The Hall–Kier alpha value is -3.01. The van der Waals surface area contributed by atoms with Crippen LogP contribution in [0.3, 0.4) is 0 Å². The van der Waals surface area contributed by atoms with E-state index in [0.29, 0.717) is 29.5 Å². The van der Waals surface area contributed by atoms with Crippen molar-refractivity contribution in [3.05, 3.63) is 24.3 Å². The lowest BCUT2D eigenvalue weighted by Gasteiger charge is -2.61. The topological polar surface area (TPSA) is 132 Å². The molecule has 4 saturated carbocycles. The van der Waals surface area contributed by atoms with Gasteiger partial charge in [-0.15, -0.1) is 0 Å². The molecule has 0 bridgehead atoms. The predicted octanol–water partition coefficient (Wildman–Crippen LogP) is 9.42. The number of carbonyl (C=O) groups excluding carboxylic acids is 5. The molecule has 0 spiro atoms. The van der Waals surface area contributed by atoms with Crippen LogP contribution in [0.25, 0.3) is 0 Å². The van der Waals surface area contributed by atoms with Gasteiger partial charge >= 0.3 is 23.9 Å². The van der Waals surface area contributed by atoms with E-state index in [2.05, 4.69) is 13.8 Å². The standard InChI is InChI=1S/C46H72O10/c1-7-9-11-16-41(48)52-29-36(30-53-42(49)17-12-10-8-2)56-43(50)18-14-13-15-32(3)27-44(51)55-31-54-35-23-25-45(5)34(28-35)19-20-37-39-22-21-38(33(4)47)46(39,6)26-24-40(37)45/h9-12,32,34-40H,7-8,13-31H2,1-6H3/b11-9-,12-10-/t32?,34-,35+,37-,38+,39-,40-,45-,46+/m0/s1. The maximum absolute atomic E-state index is 12.7. The molecule has 4 fully saturated rings. The summed E-state index contributed by atoms with van der Waals surface area (Å²) >= 11 is 0. The first-order valence-corrected chi connectivity index (χ1v) is 21.9. The van der Waals surface area contributed by atoms with Crippen molar-refractivity contribution in [1.82, 2.24) is 0 Å². The molecule has 4 aliphatic carbocycles. The molecule has 56 heavy (non-hydrogen) atoms. The molecule has 316 valence electrons. The van der Waals surface area contributed by atoms with Crippen molar-refractivity contribution >= 4 is 29.7 Å². The van der Waals surface area contributed by atoms with Crippen molar-refractivity contribution in [3.63, 3.8) is 0 Å². The number of Topliss-reactive ketones (excluding diaryl/α,β-unsaturated/α-hetero) is 1. The Morgan fingerprint density at radius 3 is 2.00 bits per heavy atom. The summed E-state index contributed by atoms with van der Waals surface area (Å²) in [6.45, 7) is 12.3. The molecule has 0 heterocycles. The van der Waals surface area contributed by atoms with Crippen LogP contribution in [0, 0.1) is 46.3 Å². The van der Waals surface area contributed by atoms with Crippen LogP contribution in [-0.2, 0) is 47.7 Å². The summed E-state index contributed by atoms with van der Waals surface area (Å²) < 4.78 is 27.8. The molecule has 1 unspecified atom stereocenters. The highest BCUT2D eigenvalue weighted by Crippen LogP contribution is 2.67. The first kappa shape index (κ1) is 45.7. The third kappa shape index (κ3) is 12.7. The highest BCUT2D eigenvalue weighted by molar-refractivity contribution is 5.79. The van der Waals surface area contributed by atoms with Gasteiger partial charge in [0.25, 0.3) is 0 Å². The number of fused-ring (bicyclic) bond motifs is 5. The zero-order valence-corrected chi connectivity index (χ0v) is 35.4. The number of esters is 4. The molecule has 0 amide bonds. The first-order chi connectivity index (χ1) is 26.8. The number of carbonyl (C=O) groups is 5. The van der Waals surface area contributed by atoms with Gasteiger partial charge in [0.2, 0.25) is 0 Å². The average molecular weight is 785 g/mol. The summed E-state index contributed by atoms with van der Waals surface area (Å²) in [5.74, 6) is 1.87. The molecule has 4 rings (SSSR count). The van der Waals surface area contributed by atoms with E-state index < -0.39 is 24.0 Å². The average Bonchev–Trinajstić information content (AvgIpc) is 3.52. The summed E-state index contributed by atoms with van der Waals surface area (Å²) in [5, 5.41) is 0. The van der Waals surface area contributed by atoms with E-state index in [1.807, 2.05) is 32.9 Å². The number of hydrogen-bond acceptors (Lipinski definition) is 10. The number of hydrogen-bond donors (Lipinski definition) is 0. The van der Waals surface area contributed by atoms with Gasteiger partial charge in [-0.05, 0) is 124 Å². The highest BCUT2D eigenvalue weighted by atomic mass is 16.7. The Bertz CT molecular complexity index is 1340. The van der Waals surface area contributed by atoms with E-state index in [-0.39, 0.29) is 75.0 Å². The fourth-order valence-electron chi connectivity index (χ4n) is 11.0. The summed E-state index contributed by atoms with van der Waals surface area (Å²) in [6.07, 6.45) is 21.1. The fraction of sp³-hybridized carbons (Fsp3) is 0.804. The molecular formula is C46H72O10. The normalized spacial score (nSPS) is 30.3. The van der Waals surface area contributed by atoms with E-state index in [0.717, 1.165) is 63.2 Å². The number of ether oxygens (including phenoxy) is 5. The summed E-state index contributed by atoms with van der Waals surface area (Å²) in [4.78, 5) is 62.0. The van der Waals surface area contributed by atoms with Gasteiger partial charge in [-0.3, -0.25) is 24.0 Å². The Kier molecular flexibility index (Phi) is 18.1. The first-order valence-electron chi connectivity index (χ1n) is 21.9. The molecule has 0 aromatic heterocycles. The van der Waals surface area contributed by atoms with Gasteiger partial charge in [0.05, 0.1) is 18.9 Å². The number of allylic oxidation sites excluding steroid dienone is 2. The van der Waals surface area contributed by atoms with Gasteiger partial charge in [-0.25, -0.2) is 0 Å². The Labute approximate surface area is 336 Å². The molecule has 10 nitrogen and oxygen atoms in total. The number of ketones is 1. The lowest BCUT2D eigenvalue weighted by molar-refractivity contribution is -0.174. The molecule has 9 atom stereocenters. The van der Waals surface area contributed by atoms with E-state index in [9.17, 15) is 24.0 Å². The highest BCUT2D eigenvalue weighted by Gasteiger charge is 2.60. The summed E-state index contributed by atoms with van der Waals surface area (Å²) in [7, 11) is 0. The maximum Gasteiger partial charge on any atom is 0.309 e. The SMILES string of the molecule is CC/C=C\CC(=O)OCC(COC(=O)C/C=C\CC)OC(=O)CCCCC(C)CC(=O)OCO[C@@H]1CC[C@@]2(C)[C@@H](CC[C@@H]3[C@@H]2CC[C@]2(C)[C@@H](C(C)=O)CC[C@@H]32)C1. The smallest absolute Gasteiger partial charge is 0.309 e. The zero-order chi connectivity index (χ0) is 40.7. The molecule has 4 aliphatic rings. The third-order valence-electron chi connectivity index (χ3n) is 14.0. The number of rotatable bonds is 22. The van der Waals surface area contributed by atoms with Gasteiger partial charge < -0.3 is 23.7 Å². The maximum atomic E-state index is 12.7. The van der Waals surface area contributed by atoms with Crippen LogP contribution < -0.4 is 0 Å². The van der Waals surface area contributed by atoms with Gasteiger partial charge in [0, 0.05) is 18.8 Å². The molecule has 0 saturated heterocycles. The summed E-state index contributed by atoms with van der Waals surface area (Å²) in [6, 6.07) is 0. The lowest BCUT2D eigenvalue weighted by Crippen LogP contribution is -2.54. The molecule has 0 radical (unpaired) electrons. The van der Waals surface area contributed by atoms with E-state index in [1.54, 1.807) is 19.1 Å². The van der Waals surface area contributed by atoms with Gasteiger partial charge in [0.15, 0.2) is 12.9 Å². The van der Waals surface area contributed by atoms with Gasteiger partial charge in [-0.1, -0.05) is 71.8 Å². The largest absolute Gasteiger partial charge is 0.461 e. The van der Waals surface area contributed by atoms with Gasteiger partial charge in [-0.2, -0.15) is 0 Å². The van der Waals surface area contributed by atoms with E-state index in [4.69, 9.17) is 23.7 Å². The van der Waals surface area contributed by atoms with Crippen molar-refractivity contribution in [3.8, 4) is 0 Å². The van der Waals surface area contributed by atoms with Crippen LogP contribution >= 0.6 is 0 Å². The Morgan fingerprint density at radius 1 is 0.714 bits per heavy atom. The van der Waals surface area contributed by atoms with Gasteiger partial charge in [0.1, 0.15) is 19.0 Å². The fourth-order valence-corrected chi connectivity index (χ4v) is 11.0. The minimum atomic E-state index is -0.895. The Balaban J connectivity index is 1.10. The quantitative estimate of drug-likeness (QED) is 0.0344. The molecule has 0 aromatic carbocycles. The van der Waals surface area contributed by atoms with E-state index in [1.165, 1.54) is 32.1 Å². The minimum Gasteiger partial charge on any atom is -0.461 e. The Morgan fingerprint density at radius 2 is 1.36 bits per heavy atom. The lowest BCUT2D eigenvalue weighted by atomic mass is 9.44.